The largest absolute Gasteiger partial charge is 0.506 e. The summed E-state index contributed by atoms with van der Waals surface area (Å²) in [6, 6.07) is 21.2. The Kier molecular flexibility index (Phi) is 8.54. The zero-order valence-corrected chi connectivity index (χ0v) is 29.8. The molecule has 4 aromatic rings. The number of amides is 3. The maximum Gasteiger partial charge on any atom is 0.255 e. The number of phenols is 1. The van der Waals surface area contributed by atoms with E-state index in [0.29, 0.717) is 36.3 Å². The van der Waals surface area contributed by atoms with Crippen LogP contribution in [0.5, 0.6) is 11.5 Å². The van der Waals surface area contributed by atoms with Crippen molar-refractivity contribution in [3.05, 3.63) is 88.4 Å². The van der Waals surface area contributed by atoms with Crippen LogP contribution in [-0.2, 0) is 22.7 Å². The van der Waals surface area contributed by atoms with E-state index in [1.807, 2.05) is 18.2 Å². The van der Waals surface area contributed by atoms with E-state index in [2.05, 4.69) is 65.9 Å². The van der Waals surface area contributed by atoms with Crippen molar-refractivity contribution in [1.82, 2.24) is 25.3 Å². The van der Waals surface area contributed by atoms with Gasteiger partial charge in [-0.1, -0.05) is 35.9 Å². The monoisotopic (exact) mass is 734 g/mol. The standard InChI is InChI=1S/C39H39ClN8O5/c40-31-3-1-2-29(36(31)50)32-18-34-37(44-43-32)41-19-26-16-28(22-47(26)34)53-27-8-4-23(5-9-27)20-45-12-14-46(15-13-45)25-7-6-24-21-48(39(52)30(24)17-25)33-10-11-35(49)42-38(33)51/h1-9,17-18,26,28,33,50H,10-16,19-22H2,(H,41,44)(H,42,49,51)/t26-,28-,33+/m1/s1. The maximum absolute atomic E-state index is 13.3. The molecular weight excluding hydrogens is 696 g/mol. The van der Waals surface area contributed by atoms with Gasteiger partial charge in [-0.15, -0.1) is 10.2 Å². The molecule has 9 rings (SSSR count). The first-order chi connectivity index (χ1) is 25.8. The van der Waals surface area contributed by atoms with E-state index in [1.165, 1.54) is 5.56 Å². The molecule has 0 spiro atoms. The average molecular weight is 735 g/mol. The number of anilines is 3. The normalized spacial score (nSPS) is 22.6. The molecule has 3 atom stereocenters. The molecule has 5 aliphatic heterocycles. The lowest BCUT2D eigenvalue weighted by atomic mass is 10.0. The van der Waals surface area contributed by atoms with Gasteiger partial charge in [-0.3, -0.25) is 24.6 Å². The number of aromatic nitrogens is 2. The number of fused-ring (bicyclic) bond motifs is 4. The second kappa shape index (κ2) is 13.5. The molecule has 0 unspecified atom stereocenters. The van der Waals surface area contributed by atoms with Crippen molar-refractivity contribution in [2.24, 2.45) is 0 Å². The van der Waals surface area contributed by atoms with E-state index in [-0.39, 0.29) is 47.1 Å². The lowest BCUT2D eigenvalue weighted by Crippen LogP contribution is -2.52. The number of piperidine rings is 1. The number of aromatic hydroxyl groups is 1. The number of carbonyl (C=O) groups excluding carboxylic acids is 3. The number of para-hydroxylation sites is 1. The first-order valence-electron chi connectivity index (χ1n) is 18.1. The molecule has 3 fully saturated rings. The van der Waals surface area contributed by atoms with E-state index < -0.39 is 6.04 Å². The van der Waals surface area contributed by atoms with Gasteiger partial charge < -0.3 is 29.9 Å². The van der Waals surface area contributed by atoms with Crippen LogP contribution in [0.2, 0.25) is 5.02 Å². The lowest BCUT2D eigenvalue weighted by molar-refractivity contribution is -0.136. The number of benzene rings is 3. The summed E-state index contributed by atoms with van der Waals surface area (Å²) in [6.45, 7) is 6.17. The molecule has 14 heteroatoms. The summed E-state index contributed by atoms with van der Waals surface area (Å²) in [6.07, 6.45) is 1.49. The van der Waals surface area contributed by atoms with E-state index in [1.54, 1.807) is 23.1 Å². The second-order valence-corrected chi connectivity index (χ2v) is 14.8. The van der Waals surface area contributed by atoms with E-state index >= 15 is 0 Å². The Balaban J connectivity index is 0.781. The third-order valence-corrected chi connectivity index (χ3v) is 11.4. The molecular formula is C39H39ClN8O5. The lowest BCUT2D eigenvalue weighted by Gasteiger charge is -2.36. The van der Waals surface area contributed by atoms with Crippen LogP contribution in [-0.4, -0.2) is 100 Å². The summed E-state index contributed by atoms with van der Waals surface area (Å²) in [7, 11) is 0. The van der Waals surface area contributed by atoms with E-state index in [0.717, 1.165) is 74.2 Å². The number of rotatable bonds is 7. The molecule has 0 bridgehead atoms. The van der Waals surface area contributed by atoms with Crippen LogP contribution in [0.3, 0.4) is 0 Å². The van der Waals surface area contributed by atoms with Crippen molar-refractivity contribution in [2.45, 2.75) is 50.5 Å². The Morgan fingerprint density at radius 3 is 2.57 bits per heavy atom. The third-order valence-electron chi connectivity index (χ3n) is 11.1. The molecule has 13 nitrogen and oxygen atoms in total. The summed E-state index contributed by atoms with van der Waals surface area (Å²) in [5.74, 6) is 0.741. The predicted molar refractivity (Wildman–Crippen MR) is 199 cm³/mol. The summed E-state index contributed by atoms with van der Waals surface area (Å²) >= 11 is 6.16. The van der Waals surface area contributed by atoms with Crippen molar-refractivity contribution in [2.75, 3.05) is 54.4 Å². The Bertz CT molecular complexity index is 2110. The summed E-state index contributed by atoms with van der Waals surface area (Å²) in [4.78, 5) is 46.0. The fraction of sp³-hybridized carbons (Fsp3) is 0.359. The minimum Gasteiger partial charge on any atom is -0.506 e. The van der Waals surface area contributed by atoms with Crippen molar-refractivity contribution in [3.8, 4) is 22.8 Å². The minimum atomic E-state index is -0.607. The van der Waals surface area contributed by atoms with Gasteiger partial charge in [0.1, 0.15) is 23.6 Å². The Hall–Kier alpha value is -5.40. The van der Waals surface area contributed by atoms with Crippen LogP contribution in [0, 0.1) is 0 Å². The molecule has 5 aliphatic rings. The molecule has 3 aromatic carbocycles. The molecule has 6 heterocycles. The Labute approximate surface area is 311 Å². The molecule has 0 radical (unpaired) electrons. The van der Waals surface area contributed by atoms with Crippen molar-refractivity contribution in [1.29, 1.82) is 0 Å². The van der Waals surface area contributed by atoms with Gasteiger partial charge in [-0.2, -0.15) is 0 Å². The van der Waals surface area contributed by atoms with Crippen molar-refractivity contribution < 1.29 is 24.2 Å². The van der Waals surface area contributed by atoms with E-state index in [4.69, 9.17) is 16.3 Å². The van der Waals surface area contributed by atoms with Gasteiger partial charge in [0.25, 0.3) is 5.91 Å². The highest BCUT2D eigenvalue weighted by Gasteiger charge is 2.40. The molecule has 53 heavy (non-hydrogen) atoms. The van der Waals surface area contributed by atoms with Gasteiger partial charge in [0, 0.05) is 75.5 Å². The summed E-state index contributed by atoms with van der Waals surface area (Å²) in [5.41, 5.74) is 5.84. The van der Waals surface area contributed by atoms with Crippen LogP contribution in [0.1, 0.15) is 40.7 Å². The number of imide groups is 1. The Morgan fingerprint density at radius 2 is 1.75 bits per heavy atom. The molecule has 272 valence electrons. The fourth-order valence-electron chi connectivity index (χ4n) is 8.27. The summed E-state index contributed by atoms with van der Waals surface area (Å²) in [5, 5.41) is 25.3. The van der Waals surface area contributed by atoms with Gasteiger partial charge in [0.05, 0.1) is 29.0 Å². The molecule has 0 aliphatic carbocycles. The first-order valence-corrected chi connectivity index (χ1v) is 18.5. The number of carbonyl (C=O) groups is 3. The number of ether oxygens (including phenoxy) is 1. The Morgan fingerprint density at radius 1 is 0.925 bits per heavy atom. The first kappa shape index (κ1) is 33.4. The predicted octanol–water partition coefficient (Wildman–Crippen LogP) is 4.04. The molecule has 3 saturated heterocycles. The van der Waals surface area contributed by atoms with Gasteiger partial charge in [-0.25, -0.2) is 0 Å². The number of halogens is 1. The third kappa shape index (κ3) is 6.37. The van der Waals surface area contributed by atoms with Crippen LogP contribution >= 0.6 is 11.6 Å². The van der Waals surface area contributed by atoms with Gasteiger partial charge in [0.15, 0.2) is 5.82 Å². The highest BCUT2D eigenvalue weighted by atomic mass is 35.5. The zero-order chi connectivity index (χ0) is 36.2. The molecule has 3 N–H and O–H groups in total. The van der Waals surface area contributed by atoms with Crippen LogP contribution in [0.15, 0.2) is 66.7 Å². The number of hydrogen-bond acceptors (Lipinski definition) is 11. The van der Waals surface area contributed by atoms with Crippen LogP contribution in [0.25, 0.3) is 11.3 Å². The van der Waals surface area contributed by atoms with Crippen LogP contribution in [0.4, 0.5) is 17.2 Å². The topological polar surface area (TPSA) is 143 Å². The van der Waals surface area contributed by atoms with Gasteiger partial charge in [-0.05, 0) is 60.0 Å². The number of nitrogens with zero attached hydrogens (tertiary/aromatic N) is 6. The average Bonchev–Trinajstić information content (AvgIpc) is 3.73. The molecule has 1 aromatic heterocycles. The smallest absolute Gasteiger partial charge is 0.255 e. The number of phenolic OH excluding ortho intramolecular Hbond substituents is 1. The number of piperazine rings is 1. The SMILES string of the molecule is O=C1CC[C@H](N2Cc3ccc(N4CCN(Cc5ccc(O[C@@H]6C[C@@H]7CNc8nnc(-c9cccc(Cl)c9O)cc8N7C6)cc5)CC4)cc3C2=O)C(=O)N1. The van der Waals surface area contributed by atoms with Crippen LogP contribution < -0.4 is 25.2 Å². The molecule has 0 saturated carbocycles. The fourth-order valence-corrected chi connectivity index (χ4v) is 8.44. The number of nitrogens with one attached hydrogen (secondary N) is 2. The van der Waals surface area contributed by atoms with Gasteiger partial charge in [0.2, 0.25) is 11.8 Å². The summed E-state index contributed by atoms with van der Waals surface area (Å²) < 4.78 is 6.49. The minimum absolute atomic E-state index is 0.00595. The quantitative estimate of drug-likeness (QED) is 0.237. The number of hydrogen-bond donors (Lipinski definition) is 3. The zero-order valence-electron chi connectivity index (χ0n) is 29.0. The van der Waals surface area contributed by atoms with Crippen molar-refractivity contribution >= 4 is 46.5 Å². The van der Waals surface area contributed by atoms with Gasteiger partial charge >= 0.3 is 0 Å². The highest BCUT2D eigenvalue weighted by Crippen LogP contribution is 2.40. The second-order valence-electron chi connectivity index (χ2n) is 14.4. The van der Waals surface area contributed by atoms with Crippen molar-refractivity contribution in [3.63, 3.8) is 0 Å². The molecule has 3 amide bonds. The highest BCUT2D eigenvalue weighted by molar-refractivity contribution is 6.32. The maximum atomic E-state index is 13.3. The van der Waals surface area contributed by atoms with E-state index in [9.17, 15) is 19.5 Å².